The Balaban J connectivity index is 1.79. The van der Waals surface area contributed by atoms with E-state index in [1.54, 1.807) is 11.3 Å². The van der Waals surface area contributed by atoms with Crippen molar-refractivity contribution in [1.82, 2.24) is 4.98 Å². The monoisotopic (exact) mass is 264 g/mol. The van der Waals surface area contributed by atoms with Gasteiger partial charge in [0.2, 0.25) is 0 Å². The maximum Gasteiger partial charge on any atom is 0.144 e. The molecule has 1 unspecified atom stereocenters. The number of thiazole rings is 1. The van der Waals surface area contributed by atoms with Crippen molar-refractivity contribution in [2.24, 2.45) is 5.92 Å². The van der Waals surface area contributed by atoms with E-state index in [1.165, 1.54) is 0 Å². The zero-order chi connectivity index (χ0) is 12.5. The molecule has 0 aliphatic carbocycles. The highest BCUT2D eigenvalue weighted by molar-refractivity contribution is 7.18. The lowest BCUT2D eigenvalue weighted by Gasteiger charge is -2.12. The molecular formula is C13H16N2O2S. The van der Waals surface area contributed by atoms with E-state index in [9.17, 15) is 0 Å². The van der Waals surface area contributed by atoms with E-state index >= 15 is 0 Å². The lowest BCUT2D eigenvalue weighted by Crippen LogP contribution is -2.12. The fourth-order valence-corrected chi connectivity index (χ4v) is 2.99. The van der Waals surface area contributed by atoms with Gasteiger partial charge in [0, 0.05) is 18.6 Å². The van der Waals surface area contributed by atoms with Crippen molar-refractivity contribution in [2.45, 2.75) is 13.3 Å². The Labute approximate surface area is 110 Å². The van der Waals surface area contributed by atoms with Crippen molar-refractivity contribution in [2.75, 3.05) is 25.6 Å². The summed E-state index contributed by atoms with van der Waals surface area (Å²) in [5.41, 5.74) is 7.65. The summed E-state index contributed by atoms with van der Waals surface area (Å²) in [6.07, 6.45) is 1.07. The zero-order valence-corrected chi connectivity index (χ0v) is 11.1. The van der Waals surface area contributed by atoms with E-state index in [0.29, 0.717) is 18.2 Å². The van der Waals surface area contributed by atoms with Crippen LogP contribution in [-0.4, -0.2) is 24.8 Å². The average Bonchev–Trinajstić information content (AvgIpc) is 2.94. The molecule has 2 N–H and O–H groups in total. The Bertz CT molecular complexity index is 561. The smallest absolute Gasteiger partial charge is 0.144 e. The summed E-state index contributed by atoms with van der Waals surface area (Å²) in [7, 11) is 0. The first-order valence-corrected chi connectivity index (χ1v) is 6.91. The summed E-state index contributed by atoms with van der Waals surface area (Å²) < 4.78 is 12.2. The van der Waals surface area contributed by atoms with Crippen LogP contribution in [0.2, 0.25) is 0 Å². The first kappa shape index (κ1) is 11.7. The molecule has 5 heteroatoms. The summed E-state index contributed by atoms with van der Waals surface area (Å²) in [4.78, 5) is 4.45. The van der Waals surface area contributed by atoms with Crippen molar-refractivity contribution < 1.29 is 9.47 Å². The molecule has 1 saturated heterocycles. The van der Waals surface area contributed by atoms with Gasteiger partial charge in [0.1, 0.15) is 5.75 Å². The van der Waals surface area contributed by atoms with Gasteiger partial charge in [-0.15, -0.1) is 11.3 Å². The number of anilines is 1. The summed E-state index contributed by atoms with van der Waals surface area (Å²) in [6.45, 7) is 4.29. The minimum Gasteiger partial charge on any atom is -0.491 e. The predicted octanol–water partition coefficient (Wildman–Crippen LogP) is 2.60. The highest BCUT2D eigenvalue weighted by atomic mass is 32.1. The van der Waals surface area contributed by atoms with Crippen LogP contribution in [0, 0.1) is 12.8 Å². The molecule has 4 nitrogen and oxygen atoms in total. The maximum atomic E-state index is 6.00. The zero-order valence-electron chi connectivity index (χ0n) is 10.3. The number of aromatic nitrogens is 1. The number of ether oxygens (including phenoxy) is 2. The molecule has 1 fully saturated rings. The van der Waals surface area contributed by atoms with E-state index in [4.69, 9.17) is 15.2 Å². The molecule has 2 aromatic rings. The van der Waals surface area contributed by atoms with Crippen molar-refractivity contribution in [1.29, 1.82) is 0 Å². The molecule has 18 heavy (non-hydrogen) atoms. The first-order valence-electron chi connectivity index (χ1n) is 6.09. The van der Waals surface area contributed by atoms with Crippen molar-refractivity contribution in [3.05, 3.63) is 17.1 Å². The van der Waals surface area contributed by atoms with Crippen LogP contribution in [0.15, 0.2) is 12.1 Å². The van der Waals surface area contributed by atoms with Gasteiger partial charge in [-0.25, -0.2) is 4.98 Å². The number of nitrogen functional groups attached to an aromatic ring is 1. The fraction of sp³-hybridized carbons (Fsp3) is 0.462. The molecule has 96 valence electrons. The molecule has 0 amide bonds. The number of nitrogens with two attached hydrogens (primary N) is 1. The van der Waals surface area contributed by atoms with Crippen molar-refractivity contribution >= 4 is 27.2 Å². The van der Waals surface area contributed by atoms with Crippen LogP contribution in [-0.2, 0) is 4.74 Å². The van der Waals surface area contributed by atoms with Gasteiger partial charge in [0.05, 0.1) is 34.1 Å². The van der Waals surface area contributed by atoms with Crippen LogP contribution < -0.4 is 10.5 Å². The highest BCUT2D eigenvalue weighted by Crippen LogP contribution is 2.31. The van der Waals surface area contributed by atoms with Crippen LogP contribution in [0.3, 0.4) is 0 Å². The second kappa shape index (κ2) is 4.74. The number of nitrogens with zero attached hydrogens (tertiary/aromatic N) is 1. The van der Waals surface area contributed by atoms with E-state index in [2.05, 4.69) is 4.98 Å². The van der Waals surface area contributed by atoms with E-state index in [1.807, 2.05) is 19.1 Å². The molecule has 1 atom stereocenters. The molecule has 0 radical (unpaired) electrons. The van der Waals surface area contributed by atoms with Gasteiger partial charge in [-0.2, -0.15) is 0 Å². The topological polar surface area (TPSA) is 57.4 Å². The second-order valence-corrected chi connectivity index (χ2v) is 5.87. The van der Waals surface area contributed by atoms with Gasteiger partial charge in [-0.05, 0) is 19.4 Å². The van der Waals surface area contributed by atoms with Crippen LogP contribution in [0.4, 0.5) is 5.69 Å². The van der Waals surface area contributed by atoms with Gasteiger partial charge >= 0.3 is 0 Å². The Morgan fingerprint density at radius 3 is 3.22 bits per heavy atom. The number of fused-ring (bicyclic) bond motifs is 1. The predicted molar refractivity (Wildman–Crippen MR) is 73.2 cm³/mol. The molecule has 1 aliphatic heterocycles. The van der Waals surface area contributed by atoms with E-state index in [-0.39, 0.29) is 0 Å². The molecular weight excluding hydrogens is 248 g/mol. The molecule has 2 heterocycles. The summed E-state index contributed by atoms with van der Waals surface area (Å²) in [5.74, 6) is 1.22. The van der Waals surface area contributed by atoms with E-state index < -0.39 is 0 Å². The average molecular weight is 264 g/mol. The minimum atomic E-state index is 0.484. The molecule has 1 aromatic heterocycles. The molecule has 0 spiro atoms. The Morgan fingerprint density at radius 1 is 1.56 bits per heavy atom. The summed E-state index contributed by atoms with van der Waals surface area (Å²) in [5, 5.41) is 1.05. The summed E-state index contributed by atoms with van der Waals surface area (Å²) >= 11 is 1.65. The van der Waals surface area contributed by atoms with Crippen LogP contribution in [0.25, 0.3) is 10.2 Å². The van der Waals surface area contributed by atoms with Gasteiger partial charge in [0.15, 0.2) is 0 Å². The number of hydrogen-bond donors (Lipinski definition) is 1. The summed E-state index contributed by atoms with van der Waals surface area (Å²) in [6, 6.07) is 3.88. The van der Waals surface area contributed by atoms with Gasteiger partial charge in [-0.3, -0.25) is 0 Å². The van der Waals surface area contributed by atoms with Gasteiger partial charge in [0.25, 0.3) is 0 Å². The van der Waals surface area contributed by atoms with Gasteiger partial charge in [-0.1, -0.05) is 0 Å². The molecule has 3 rings (SSSR count). The number of benzene rings is 1. The third-order valence-corrected chi connectivity index (χ3v) is 4.06. The molecule has 1 aliphatic rings. The Kier molecular flexibility index (Phi) is 3.09. The Hall–Kier alpha value is -1.33. The number of hydrogen-bond acceptors (Lipinski definition) is 5. The number of aryl methyl sites for hydroxylation is 1. The van der Waals surface area contributed by atoms with Crippen LogP contribution >= 0.6 is 11.3 Å². The number of rotatable bonds is 3. The van der Waals surface area contributed by atoms with Gasteiger partial charge < -0.3 is 15.2 Å². The van der Waals surface area contributed by atoms with Crippen LogP contribution in [0.1, 0.15) is 11.4 Å². The SMILES string of the molecule is Cc1nc2cc(OCC3CCOC3)c(N)cc2s1. The molecule has 0 bridgehead atoms. The lowest BCUT2D eigenvalue weighted by atomic mass is 10.1. The quantitative estimate of drug-likeness (QED) is 0.866. The lowest BCUT2D eigenvalue weighted by molar-refractivity contribution is 0.167. The fourth-order valence-electron chi connectivity index (χ4n) is 2.13. The van der Waals surface area contributed by atoms with Crippen molar-refractivity contribution in [3.63, 3.8) is 0 Å². The third-order valence-electron chi connectivity index (χ3n) is 3.13. The van der Waals surface area contributed by atoms with Crippen molar-refractivity contribution in [3.8, 4) is 5.75 Å². The Morgan fingerprint density at radius 2 is 2.44 bits per heavy atom. The highest BCUT2D eigenvalue weighted by Gasteiger charge is 2.17. The second-order valence-electron chi connectivity index (χ2n) is 4.63. The van der Waals surface area contributed by atoms with Crippen LogP contribution in [0.5, 0.6) is 5.75 Å². The van der Waals surface area contributed by atoms with E-state index in [0.717, 1.165) is 40.6 Å². The standard InChI is InChI=1S/C13H16N2O2S/c1-8-15-11-5-12(10(14)4-13(11)18-8)17-7-9-2-3-16-6-9/h4-5,9H,2-3,6-7,14H2,1H3. The normalized spacial score (nSPS) is 19.5. The molecule has 1 aromatic carbocycles. The maximum absolute atomic E-state index is 6.00. The third kappa shape index (κ3) is 2.28. The minimum absolute atomic E-state index is 0.484. The largest absolute Gasteiger partial charge is 0.491 e. The molecule has 0 saturated carbocycles. The first-order chi connectivity index (χ1) is 8.72.